The number of anilines is 1. The largest absolute Gasteiger partial charge is 0.389 e. The summed E-state index contributed by atoms with van der Waals surface area (Å²) in [6.45, 7) is 0. The van der Waals surface area contributed by atoms with Crippen LogP contribution in [0.25, 0.3) is 0 Å². The van der Waals surface area contributed by atoms with Crippen molar-refractivity contribution < 1.29 is 4.39 Å². The second-order valence-electron chi connectivity index (χ2n) is 3.87. The van der Waals surface area contributed by atoms with Gasteiger partial charge in [0, 0.05) is 24.3 Å². The van der Waals surface area contributed by atoms with Crippen LogP contribution in [0.3, 0.4) is 0 Å². The Morgan fingerprint density at radius 3 is 2.73 bits per heavy atom. The van der Waals surface area contributed by atoms with Crippen LogP contribution in [0.2, 0.25) is 0 Å². The fourth-order valence-electron chi connectivity index (χ4n) is 1.67. The van der Waals surface area contributed by atoms with Gasteiger partial charge in [0.05, 0.1) is 0 Å². The Labute approximate surface area is 93.9 Å². The topological polar surface area (TPSA) is 29.3 Å². The third-order valence-electron chi connectivity index (χ3n) is 2.70. The van der Waals surface area contributed by atoms with Crippen molar-refractivity contribution in [3.05, 3.63) is 29.6 Å². The van der Waals surface area contributed by atoms with Crippen LogP contribution in [0.5, 0.6) is 0 Å². The Kier molecular flexibility index (Phi) is 2.61. The molecule has 1 aliphatic rings. The third-order valence-corrected chi connectivity index (χ3v) is 2.92. The first-order valence-electron chi connectivity index (χ1n) is 4.92. The van der Waals surface area contributed by atoms with Gasteiger partial charge in [-0.25, -0.2) is 4.39 Å². The fourth-order valence-corrected chi connectivity index (χ4v) is 1.84. The maximum absolute atomic E-state index is 13.1. The Balaban J connectivity index is 2.40. The summed E-state index contributed by atoms with van der Waals surface area (Å²) < 4.78 is 13.1. The fraction of sp³-hybridized carbons (Fsp3) is 0.364. The monoisotopic (exact) mass is 224 g/mol. The first-order chi connectivity index (χ1) is 7.09. The molecule has 4 heteroatoms. The van der Waals surface area contributed by atoms with Gasteiger partial charge >= 0.3 is 0 Å². The van der Waals surface area contributed by atoms with E-state index >= 15 is 0 Å². The molecule has 0 aromatic heterocycles. The van der Waals surface area contributed by atoms with Crippen molar-refractivity contribution in [1.82, 2.24) is 0 Å². The van der Waals surface area contributed by atoms with Crippen molar-refractivity contribution in [2.75, 3.05) is 11.9 Å². The second-order valence-corrected chi connectivity index (χ2v) is 4.31. The molecule has 0 amide bonds. The van der Waals surface area contributed by atoms with Crippen molar-refractivity contribution in [3.63, 3.8) is 0 Å². The van der Waals surface area contributed by atoms with Gasteiger partial charge < -0.3 is 10.6 Å². The Morgan fingerprint density at radius 2 is 2.20 bits per heavy atom. The number of nitrogens with two attached hydrogens (primary N) is 1. The van der Waals surface area contributed by atoms with E-state index in [1.54, 1.807) is 6.07 Å². The molecule has 0 radical (unpaired) electrons. The average Bonchev–Trinajstić information content (AvgIpc) is 2.99. The number of thiocarbonyl (C=S) groups is 1. The van der Waals surface area contributed by atoms with Crippen LogP contribution in [0.15, 0.2) is 18.2 Å². The van der Waals surface area contributed by atoms with Crippen LogP contribution < -0.4 is 10.6 Å². The molecule has 2 N–H and O–H groups in total. The van der Waals surface area contributed by atoms with E-state index < -0.39 is 0 Å². The second kappa shape index (κ2) is 3.77. The summed E-state index contributed by atoms with van der Waals surface area (Å²) in [6, 6.07) is 5.14. The molecule has 1 aromatic carbocycles. The van der Waals surface area contributed by atoms with Gasteiger partial charge in [0.25, 0.3) is 0 Å². The summed E-state index contributed by atoms with van der Waals surface area (Å²) in [5.74, 6) is -0.300. The summed E-state index contributed by atoms with van der Waals surface area (Å²) in [5.41, 5.74) is 7.13. The number of nitrogens with zero attached hydrogens (tertiary/aromatic N) is 1. The molecule has 1 fully saturated rings. The number of hydrogen-bond acceptors (Lipinski definition) is 2. The first-order valence-corrected chi connectivity index (χ1v) is 5.32. The zero-order chi connectivity index (χ0) is 11.0. The lowest BCUT2D eigenvalue weighted by Crippen LogP contribution is -2.23. The lowest BCUT2D eigenvalue weighted by atomic mass is 10.1. The van der Waals surface area contributed by atoms with E-state index in [2.05, 4.69) is 4.90 Å². The van der Waals surface area contributed by atoms with Gasteiger partial charge in [0.1, 0.15) is 10.8 Å². The highest BCUT2D eigenvalue weighted by Crippen LogP contribution is 2.32. The van der Waals surface area contributed by atoms with Gasteiger partial charge in [-0.3, -0.25) is 0 Å². The predicted octanol–water partition coefficient (Wildman–Crippen LogP) is 2.06. The summed E-state index contributed by atoms with van der Waals surface area (Å²) >= 11 is 4.92. The molecule has 1 saturated carbocycles. The zero-order valence-electron chi connectivity index (χ0n) is 8.53. The van der Waals surface area contributed by atoms with E-state index in [9.17, 15) is 4.39 Å². The maximum Gasteiger partial charge on any atom is 0.124 e. The zero-order valence-corrected chi connectivity index (χ0v) is 9.35. The smallest absolute Gasteiger partial charge is 0.124 e. The van der Waals surface area contributed by atoms with Gasteiger partial charge in [0.15, 0.2) is 0 Å². The van der Waals surface area contributed by atoms with Gasteiger partial charge in [-0.1, -0.05) is 12.2 Å². The molecule has 0 aliphatic heterocycles. The minimum atomic E-state index is -0.300. The molecule has 0 saturated heterocycles. The summed E-state index contributed by atoms with van der Waals surface area (Å²) in [6.07, 6.45) is 2.37. The predicted molar refractivity (Wildman–Crippen MR) is 63.7 cm³/mol. The molecule has 0 unspecified atom stereocenters. The van der Waals surface area contributed by atoms with Crippen molar-refractivity contribution in [3.8, 4) is 0 Å². The van der Waals surface area contributed by atoms with E-state index in [1.807, 2.05) is 7.05 Å². The van der Waals surface area contributed by atoms with Crippen LogP contribution in [0, 0.1) is 5.82 Å². The van der Waals surface area contributed by atoms with E-state index in [4.69, 9.17) is 18.0 Å². The molecule has 80 valence electrons. The van der Waals surface area contributed by atoms with Gasteiger partial charge in [0.2, 0.25) is 0 Å². The molecule has 1 aromatic rings. The molecule has 2 nitrogen and oxygen atoms in total. The van der Waals surface area contributed by atoms with Crippen LogP contribution in [-0.4, -0.2) is 18.1 Å². The quantitative estimate of drug-likeness (QED) is 0.797. The standard InChI is InChI=1S/C11H13FN2S/c1-14(8-3-4-8)10-5-2-7(12)6-9(10)11(13)15/h2,5-6,8H,3-4H2,1H3,(H2,13,15). The molecule has 1 aliphatic carbocycles. The first kappa shape index (κ1) is 10.4. The van der Waals surface area contributed by atoms with E-state index in [0.717, 1.165) is 5.69 Å². The van der Waals surface area contributed by atoms with Crippen molar-refractivity contribution in [1.29, 1.82) is 0 Å². The van der Waals surface area contributed by atoms with Crippen molar-refractivity contribution in [2.24, 2.45) is 5.73 Å². The van der Waals surface area contributed by atoms with Crippen LogP contribution in [0.4, 0.5) is 10.1 Å². The molecule has 0 bridgehead atoms. The molecule has 15 heavy (non-hydrogen) atoms. The van der Waals surface area contributed by atoms with E-state index in [0.29, 0.717) is 11.6 Å². The lowest BCUT2D eigenvalue weighted by Gasteiger charge is -2.21. The molecule has 2 rings (SSSR count). The van der Waals surface area contributed by atoms with Crippen LogP contribution >= 0.6 is 12.2 Å². The number of halogens is 1. The van der Waals surface area contributed by atoms with Gasteiger partial charge in [-0.15, -0.1) is 0 Å². The minimum absolute atomic E-state index is 0.247. The molecular formula is C11H13FN2S. The highest BCUT2D eigenvalue weighted by atomic mass is 32.1. The van der Waals surface area contributed by atoms with Crippen molar-refractivity contribution in [2.45, 2.75) is 18.9 Å². The Bertz CT molecular complexity index is 402. The molecular weight excluding hydrogens is 211 g/mol. The summed E-state index contributed by atoms with van der Waals surface area (Å²) in [7, 11) is 1.99. The van der Waals surface area contributed by atoms with E-state index in [-0.39, 0.29) is 10.8 Å². The van der Waals surface area contributed by atoms with Crippen LogP contribution in [0.1, 0.15) is 18.4 Å². The third kappa shape index (κ3) is 2.09. The molecule has 0 atom stereocenters. The van der Waals surface area contributed by atoms with Gasteiger partial charge in [-0.05, 0) is 31.0 Å². The molecule has 0 heterocycles. The summed E-state index contributed by atoms with van der Waals surface area (Å²) in [4.78, 5) is 2.37. The minimum Gasteiger partial charge on any atom is -0.389 e. The van der Waals surface area contributed by atoms with Crippen LogP contribution in [-0.2, 0) is 0 Å². The highest BCUT2D eigenvalue weighted by Gasteiger charge is 2.28. The SMILES string of the molecule is CN(c1ccc(F)cc1C(N)=S)C1CC1. The molecule has 0 spiro atoms. The summed E-state index contributed by atoms with van der Waals surface area (Å²) in [5, 5.41) is 0. The van der Waals surface area contributed by atoms with Crippen molar-refractivity contribution >= 4 is 22.9 Å². The van der Waals surface area contributed by atoms with E-state index in [1.165, 1.54) is 25.0 Å². The Hall–Kier alpha value is -1.16. The maximum atomic E-state index is 13.1. The Morgan fingerprint density at radius 1 is 1.53 bits per heavy atom. The number of hydrogen-bond donors (Lipinski definition) is 1. The van der Waals surface area contributed by atoms with Gasteiger partial charge in [-0.2, -0.15) is 0 Å². The highest BCUT2D eigenvalue weighted by molar-refractivity contribution is 7.80. The number of benzene rings is 1. The number of rotatable bonds is 3. The average molecular weight is 224 g/mol. The lowest BCUT2D eigenvalue weighted by molar-refractivity contribution is 0.627. The normalized spacial score (nSPS) is 15.1.